The fraction of sp³-hybridized carbons (Fsp3) is 0.545. The summed E-state index contributed by atoms with van der Waals surface area (Å²) in [6, 6.07) is 4.19. The van der Waals surface area contributed by atoms with Crippen molar-refractivity contribution in [2.45, 2.75) is 32.4 Å². The molecule has 2 saturated heterocycles. The van der Waals surface area contributed by atoms with Crippen molar-refractivity contribution in [3.63, 3.8) is 0 Å². The number of morpholine rings is 1. The highest BCUT2D eigenvalue weighted by Gasteiger charge is 2.28. The Labute approximate surface area is 177 Å². The highest BCUT2D eigenvalue weighted by atomic mass is 19.1. The summed E-state index contributed by atoms with van der Waals surface area (Å²) in [5.74, 6) is 0.340. The lowest BCUT2D eigenvalue weighted by Gasteiger charge is -2.29. The largest absolute Gasteiger partial charge is 0.397 e. The second-order valence-corrected chi connectivity index (χ2v) is 8.41. The van der Waals surface area contributed by atoms with Crippen LogP contribution in [0, 0.1) is 5.82 Å². The van der Waals surface area contributed by atoms with Crippen LogP contribution in [-0.4, -0.2) is 73.4 Å². The van der Waals surface area contributed by atoms with Crippen LogP contribution < -0.4 is 15.5 Å². The Morgan fingerprint density at radius 1 is 1.13 bits per heavy atom. The van der Waals surface area contributed by atoms with E-state index >= 15 is 4.39 Å². The molecule has 4 rings (SSSR count). The molecular formula is C22H31FN6O. The van der Waals surface area contributed by atoms with Crippen LogP contribution in [0.25, 0.3) is 11.1 Å². The molecule has 2 fully saturated rings. The molecule has 30 heavy (non-hydrogen) atoms. The third-order valence-electron chi connectivity index (χ3n) is 6.25. The van der Waals surface area contributed by atoms with Crippen LogP contribution in [0.4, 0.5) is 21.7 Å². The van der Waals surface area contributed by atoms with Gasteiger partial charge in [-0.3, -0.25) is 4.90 Å². The molecule has 0 saturated carbocycles. The molecule has 7 nitrogen and oxygen atoms in total. The summed E-state index contributed by atoms with van der Waals surface area (Å²) in [5, 5.41) is 0. The van der Waals surface area contributed by atoms with E-state index in [4.69, 9.17) is 10.5 Å². The maximum Gasteiger partial charge on any atom is 0.225 e. The van der Waals surface area contributed by atoms with Gasteiger partial charge in [0.25, 0.3) is 0 Å². The van der Waals surface area contributed by atoms with Gasteiger partial charge in [-0.1, -0.05) is 0 Å². The molecule has 8 heteroatoms. The molecule has 1 aromatic heterocycles. The summed E-state index contributed by atoms with van der Waals surface area (Å²) in [7, 11) is 2.15. The average Bonchev–Trinajstić information content (AvgIpc) is 3.25. The monoisotopic (exact) mass is 414 g/mol. The Morgan fingerprint density at radius 2 is 1.83 bits per heavy atom. The summed E-state index contributed by atoms with van der Waals surface area (Å²) in [5.41, 5.74) is 8.75. The highest BCUT2D eigenvalue weighted by Crippen LogP contribution is 2.34. The minimum Gasteiger partial charge on any atom is -0.397 e. The van der Waals surface area contributed by atoms with Gasteiger partial charge < -0.3 is 20.3 Å². The number of anilines is 3. The Bertz CT molecular complexity index is 869. The zero-order chi connectivity index (χ0) is 21.3. The molecule has 2 N–H and O–H groups in total. The number of ether oxygens (including phenoxy) is 1. The van der Waals surface area contributed by atoms with Gasteiger partial charge in [-0.2, -0.15) is 0 Å². The first-order valence-corrected chi connectivity index (χ1v) is 10.6. The molecule has 3 heterocycles. The fourth-order valence-electron chi connectivity index (χ4n) is 4.18. The normalized spacial score (nSPS) is 19.9. The number of halogens is 1. The van der Waals surface area contributed by atoms with Crippen molar-refractivity contribution in [2.24, 2.45) is 0 Å². The van der Waals surface area contributed by atoms with Crippen molar-refractivity contribution < 1.29 is 9.13 Å². The number of nitrogen functional groups attached to an aromatic ring is 1. The zero-order valence-electron chi connectivity index (χ0n) is 18.0. The van der Waals surface area contributed by atoms with E-state index in [0.29, 0.717) is 48.1 Å². The van der Waals surface area contributed by atoms with Crippen molar-refractivity contribution >= 4 is 17.3 Å². The molecule has 1 unspecified atom stereocenters. The Balaban J connectivity index is 1.52. The number of benzene rings is 1. The lowest BCUT2D eigenvalue weighted by molar-refractivity contribution is 0.122. The van der Waals surface area contributed by atoms with Crippen LogP contribution in [0.2, 0.25) is 0 Å². The average molecular weight is 415 g/mol. The second kappa shape index (κ2) is 8.73. The van der Waals surface area contributed by atoms with E-state index < -0.39 is 0 Å². The van der Waals surface area contributed by atoms with E-state index in [1.807, 2.05) is 0 Å². The van der Waals surface area contributed by atoms with Crippen molar-refractivity contribution in [3.05, 3.63) is 30.3 Å². The summed E-state index contributed by atoms with van der Waals surface area (Å²) in [4.78, 5) is 15.5. The van der Waals surface area contributed by atoms with Crippen LogP contribution in [0.3, 0.4) is 0 Å². The minimum atomic E-state index is -0.303. The predicted molar refractivity (Wildman–Crippen MR) is 118 cm³/mol. The van der Waals surface area contributed by atoms with Gasteiger partial charge in [0, 0.05) is 61.8 Å². The molecule has 2 aliphatic rings. The first-order valence-electron chi connectivity index (χ1n) is 10.6. The van der Waals surface area contributed by atoms with Gasteiger partial charge in [0.05, 0.1) is 24.6 Å². The molecule has 1 aromatic carbocycles. The van der Waals surface area contributed by atoms with Gasteiger partial charge in [0.2, 0.25) is 5.95 Å². The number of nitrogens with two attached hydrogens (primary N) is 1. The lowest BCUT2D eigenvalue weighted by atomic mass is 10.1. The van der Waals surface area contributed by atoms with Crippen LogP contribution in [0.15, 0.2) is 24.5 Å². The van der Waals surface area contributed by atoms with E-state index in [0.717, 1.165) is 38.3 Å². The molecule has 162 valence electrons. The molecular weight excluding hydrogens is 383 g/mol. The zero-order valence-corrected chi connectivity index (χ0v) is 18.0. The maximum atomic E-state index is 15.0. The molecule has 2 aromatic rings. The standard InChI is InChI=1S/C22H31FN6O/c1-15(2)27(3)17-4-5-29(14-17)21-11-19(23)18(10-20(21)24)16-12-25-22(26-13-16)28-6-8-30-9-7-28/h10-13,15,17H,4-9,14,24H2,1-3H3. The summed E-state index contributed by atoms with van der Waals surface area (Å²) < 4.78 is 20.4. The van der Waals surface area contributed by atoms with Crippen LogP contribution in [-0.2, 0) is 4.74 Å². The van der Waals surface area contributed by atoms with E-state index in [2.05, 4.69) is 45.6 Å². The number of nitrogens with zero attached hydrogens (tertiary/aromatic N) is 5. The topological polar surface area (TPSA) is 70.8 Å². The van der Waals surface area contributed by atoms with Crippen molar-refractivity contribution in [1.82, 2.24) is 14.9 Å². The quantitative estimate of drug-likeness (QED) is 0.754. The minimum absolute atomic E-state index is 0.303. The van der Waals surface area contributed by atoms with E-state index in [-0.39, 0.29) is 5.82 Å². The van der Waals surface area contributed by atoms with Crippen LogP contribution in [0.5, 0.6) is 0 Å². The van der Waals surface area contributed by atoms with Crippen LogP contribution >= 0.6 is 0 Å². The number of rotatable bonds is 5. The molecule has 0 radical (unpaired) electrons. The number of hydrogen-bond acceptors (Lipinski definition) is 7. The summed E-state index contributed by atoms with van der Waals surface area (Å²) >= 11 is 0. The third-order valence-corrected chi connectivity index (χ3v) is 6.25. The molecule has 0 spiro atoms. The van der Waals surface area contributed by atoms with E-state index in [1.54, 1.807) is 24.5 Å². The number of aromatic nitrogens is 2. The van der Waals surface area contributed by atoms with Crippen molar-refractivity contribution in [2.75, 3.05) is 62.0 Å². The fourth-order valence-corrected chi connectivity index (χ4v) is 4.18. The molecule has 0 aliphatic carbocycles. The third kappa shape index (κ3) is 4.20. The van der Waals surface area contributed by atoms with Gasteiger partial charge >= 0.3 is 0 Å². The van der Waals surface area contributed by atoms with Crippen LogP contribution in [0.1, 0.15) is 20.3 Å². The number of hydrogen-bond donors (Lipinski definition) is 1. The van der Waals surface area contributed by atoms with E-state index in [1.165, 1.54) is 0 Å². The van der Waals surface area contributed by atoms with Crippen molar-refractivity contribution in [3.8, 4) is 11.1 Å². The molecule has 0 amide bonds. The second-order valence-electron chi connectivity index (χ2n) is 8.41. The van der Waals surface area contributed by atoms with Gasteiger partial charge in [-0.05, 0) is 39.4 Å². The van der Waals surface area contributed by atoms with Crippen molar-refractivity contribution in [1.29, 1.82) is 0 Å². The predicted octanol–water partition coefficient (Wildman–Crippen LogP) is 2.62. The molecule has 0 bridgehead atoms. The molecule has 2 aliphatic heterocycles. The highest BCUT2D eigenvalue weighted by molar-refractivity contribution is 5.77. The summed E-state index contributed by atoms with van der Waals surface area (Å²) in [6.45, 7) is 8.98. The van der Waals surface area contributed by atoms with Gasteiger partial charge in [-0.15, -0.1) is 0 Å². The Hall–Kier alpha value is -2.45. The first kappa shape index (κ1) is 20.8. The lowest BCUT2D eigenvalue weighted by Crippen LogP contribution is -2.39. The van der Waals surface area contributed by atoms with Gasteiger partial charge in [0.1, 0.15) is 5.82 Å². The van der Waals surface area contributed by atoms with Gasteiger partial charge in [0.15, 0.2) is 0 Å². The van der Waals surface area contributed by atoms with Gasteiger partial charge in [-0.25, -0.2) is 14.4 Å². The maximum absolute atomic E-state index is 15.0. The van der Waals surface area contributed by atoms with E-state index in [9.17, 15) is 0 Å². The molecule has 1 atom stereocenters. The first-order chi connectivity index (χ1) is 14.4. The summed E-state index contributed by atoms with van der Waals surface area (Å²) in [6.07, 6.45) is 4.38. The smallest absolute Gasteiger partial charge is 0.225 e. The SMILES string of the molecule is CC(C)N(C)C1CCN(c2cc(F)c(-c3cnc(N4CCOCC4)nc3)cc2N)C1. The Morgan fingerprint density at radius 3 is 2.50 bits per heavy atom. The number of likely N-dealkylation sites (N-methyl/N-ethyl adjacent to an activating group) is 1. The Kier molecular flexibility index (Phi) is 6.06.